The number of likely N-dealkylation sites (tertiary alicyclic amines) is 1. The van der Waals surface area contributed by atoms with Crippen LogP contribution < -0.4 is 5.56 Å². The summed E-state index contributed by atoms with van der Waals surface area (Å²) in [4.78, 5) is 13.9. The molecule has 0 saturated carbocycles. The van der Waals surface area contributed by atoms with Gasteiger partial charge in [-0.1, -0.05) is 22.4 Å². The van der Waals surface area contributed by atoms with Gasteiger partial charge >= 0.3 is 0 Å². The molecule has 88 valence electrons. The normalized spacial score (nSPS) is 17.6. The lowest BCUT2D eigenvalue weighted by atomic mass is 10.1. The Morgan fingerprint density at radius 1 is 1.31 bits per heavy atom. The molecular formula is C12H17BrN2O. The van der Waals surface area contributed by atoms with Gasteiger partial charge in [-0.05, 0) is 31.5 Å². The van der Waals surface area contributed by atoms with Gasteiger partial charge in [0, 0.05) is 30.3 Å². The van der Waals surface area contributed by atoms with E-state index in [1.807, 2.05) is 6.20 Å². The van der Waals surface area contributed by atoms with Gasteiger partial charge in [0.2, 0.25) is 0 Å². The zero-order chi connectivity index (χ0) is 11.5. The number of piperidine rings is 1. The van der Waals surface area contributed by atoms with Crippen LogP contribution in [0.25, 0.3) is 0 Å². The fourth-order valence-corrected chi connectivity index (χ4v) is 2.56. The SMILES string of the molecule is Cn1cc(CN2CCCCC2)c(Br)cc1=O. The molecule has 1 fully saturated rings. The highest BCUT2D eigenvalue weighted by Crippen LogP contribution is 2.18. The molecule has 0 spiro atoms. The van der Waals surface area contributed by atoms with Gasteiger partial charge in [-0.15, -0.1) is 0 Å². The van der Waals surface area contributed by atoms with E-state index >= 15 is 0 Å². The van der Waals surface area contributed by atoms with Crippen molar-refractivity contribution in [3.8, 4) is 0 Å². The maximum atomic E-state index is 11.4. The van der Waals surface area contributed by atoms with Crippen LogP contribution >= 0.6 is 15.9 Å². The summed E-state index contributed by atoms with van der Waals surface area (Å²) in [5, 5.41) is 0. The zero-order valence-corrected chi connectivity index (χ0v) is 11.2. The minimum absolute atomic E-state index is 0.0364. The third kappa shape index (κ3) is 2.74. The Morgan fingerprint density at radius 3 is 2.69 bits per heavy atom. The van der Waals surface area contributed by atoms with E-state index in [2.05, 4.69) is 20.8 Å². The number of aryl methyl sites for hydroxylation is 1. The minimum atomic E-state index is 0.0364. The highest BCUT2D eigenvalue weighted by Gasteiger charge is 2.12. The molecule has 0 aromatic carbocycles. The summed E-state index contributed by atoms with van der Waals surface area (Å²) < 4.78 is 2.57. The molecule has 0 atom stereocenters. The Morgan fingerprint density at radius 2 is 2.00 bits per heavy atom. The summed E-state index contributed by atoms with van der Waals surface area (Å²) in [6.07, 6.45) is 5.87. The van der Waals surface area contributed by atoms with Crippen molar-refractivity contribution < 1.29 is 0 Å². The fourth-order valence-electron chi connectivity index (χ4n) is 2.14. The third-order valence-electron chi connectivity index (χ3n) is 3.10. The molecule has 2 heterocycles. The van der Waals surface area contributed by atoms with Crippen LogP contribution in [-0.4, -0.2) is 22.6 Å². The predicted molar refractivity (Wildman–Crippen MR) is 68.5 cm³/mol. The van der Waals surface area contributed by atoms with Gasteiger partial charge in [-0.25, -0.2) is 0 Å². The number of rotatable bonds is 2. The molecule has 16 heavy (non-hydrogen) atoms. The van der Waals surface area contributed by atoms with Crippen molar-refractivity contribution in [2.24, 2.45) is 7.05 Å². The average molecular weight is 285 g/mol. The van der Waals surface area contributed by atoms with Crippen molar-refractivity contribution in [2.75, 3.05) is 13.1 Å². The second-order valence-corrected chi connectivity index (χ2v) is 5.29. The summed E-state index contributed by atoms with van der Waals surface area (Å²) in [6, 6.07) is 1.65. The summed E-state index contributed by atoms with van der Waals surface area (Å²) >= 11 is 3.47. The summed E-state index contributed by atoms with van der Waals surface area (Å²) in [7, 11) is 1.80. The summed E-state index contributed by atoms with van der Waals surface area (Å²) in [6.45, 7) is 3.29. The monoisotopic (exact) mass is 284 g/mol. The molecule has 1 aromatic rings. The number of hydrogen-bond donors (Lipinski definition) is 0. The number of halogens is 1. The topological polar surface area (TPSA) is 25.2 Å². The van der Waals surface area contributed by atoms with Gasteiger partial charge in [0.1, 0.15) is 0 Å². The maximum absolute atomic E-state index is 11.4. The van der Waals surface area contributed by atoms with Crippen LogP contribution in [-0.2, 0) is 13.6 Å². The molecule has 0 amide bonds. The van der Waals surface area contributed by atoms with Gasteiger partial charge in [-0.2, -0.15) is 0 Å². The van der Waals surface area contributed by atoms with Crippen LogP contribution in [0.5, 0.6) is 0 Å². The van der Waals surface area contributed by atoms with Crippen molar-refractivity contribution in [3.05, 3.63) is 32.7 Å². The second kappa shape index (κ2) is 5.15. The number of pyridine rings is 1. The molecule has 4 heteroatoms. The highest BCUT2D eigenvalue weighted by atomic mass is 79.9. The first-order valence-corrected chi connectivity index (χ1v) is 6.53. The lowest BCUT2D eigenvalue weighted by Gasteiger charge is -2.26. The van der Waals surface area contributed by atoms with Gasteiger partial charge in [0.25, 0.3) is 5.56 Å². The molecule has 0 N–H and O–H groups in total. The maximum Gasteiger partial charge on any atom is 0.251 e. The second-order valence-electron chi connectivity index (χ2n) is 4.43. The molecule has 1 aliphatic heterocycles. The number of nitrogens with zero attached hydrogens (tertiary/aromatic N) is 2. The third-order valence-corrected chi connectivity index (χ3v) is 3.83. The first-order valence-electron chi connectivity index (χ1n) is 5.74. The molecule has 0 aliphatic carbocycles. The van der Waals surface area contributed by atoms with E-state index in [1.54, 1.807) is 17.7 Å². The van der Waals surface area contributed by atoms with Crippen LogP contribution in [0.2, 0.25) is 0 Å². The Balaban J connectivity index is 2.14. The molecule has 0 radical (unpaired) electrons. The lowest BCUT2D eigenvalue weighted by Crippen LogP contribution is -2.30. The first kappa shape index (κ1) is 11.9. The minimum Gasteiger partial charge on any atom is -0.318 e. The molecule has 3 nitrogen and oxygen atoms in total. The molecule has 0 unspecified atom stereocenters. The molecule has 0 bridgehead atoms. The van der Waals surface area contributed by atoms with Crippen molar-refractivity contribution in [2.45, 2.75) is 25.8 Å². The molecule has 2 rings (SSSR count). The smallest absolute Gasteiger partial charge is 0.251 e. The van der Waals surface area contributed by atoms with Crippen LogP contribution in [0, 0.1) is 0 Å². The van der Waals surface area contributed by atoms with E-state index in [4.69, 9.17) is 0 Å². The van der Waals surface area contributed by atoms with Crippen LogP contribution in [0.4, 0.5) is 0 Å². The standard InChI is InChI=1S/C12H17BrN2O/c1-14-8-10(11(13)7-12(14)16)9-15-5-3-2-4-6-15/h7-8H,2-6,9H2,1H3. The van der Waals surface area contributed by atoms with Gasteiger partial charge in [0.05, 0.1) is 0 Å². The molecular weight excluding hydrogens is 268 g/mol. The van der Waals surface area contributed by atoms with E-state index in [1.165, 1.54) is 37.9 Å². The predicted octanol–water partition coefficient (Wildman–Crippen LogP) is 2.13. The largest absolute Gasteiger partial charge is 0.318 e. The van der Waals surface area contributed by atoms with Crippen molar-refractivity contribution in [1.29, 1.82) is 0 Å². The average Bonchev–Trinajstić information content (AvgIpc) is 2.27. The molecule has 1 saturated heterocycles. The van der Waals surface area contributed by atoms with E-state index in [0.29, 0.717) is 0 Å². The van der Waals surface area contributed by atoms with E-state index in [-0.39, 0.29) is 5.56 Å². The number of hydrogen-bond acceptors (Lipinski definition) is 2. The first-order chi connectivity index (χ1) is 7.66. The Hall–Kier alpha value is -0.610. The Kier molecular flexibility index (Phi) is 3.82. The summed E-state index contributed by atoms with van der Waals surface area (Å²) in [5.74, 6) is 0. The van der Waals surface area contributed by atoms with E-state index in [0.717, 1.165) is 11.0 Å². The lowest BCUT2D eigenvalue weighted by molar-refractivity contribution is 0.220. The summed E-state index contributed by atoms with van der Waals surface area (Å²) in [5.41, 5.74) is 1.23. The van der Waals surface area contributed by atoms with Crippen LogP contribution in [0.3, 0.4) is 0 Å². The van der Waals surface area contributed by atoms with Crippen molar-refractivity contribution in [1.82, 2.24) is 9.47 Å². The van der Waals surface area contributed by atoms with Crippen molar-refractivity contribution in [3.63, 3.8) is 0 Å². The van der Waals surface area contributed by atoms with Crippen LogP contribution in [0.1, 0.15) is 24.8 Å². The number of aromatic nitrogens is 1. The molecule has 1 aromatic heterocycles. The highest BCUT2D eigenvalue weighted by molar-refractivity contribution is 9.10. The Labute approximate surface area is 104 Å². The van der Waals surface area contributed by atoms with E-state index < -0.39 is 0 Å². The van der Waals surface area contributed by atoms with Gasteiger partial charge < -0.3 is 4.57 Å². The van der Waals surface area contributed by atoms with Gasteiger partial charge in [-0.3, -0.25) is 9.69 Å². The molecule has 1 aliphatic rings. The zero-order valence-electron chi connectivity index (χ0n) is 9.58. The fraction of sp³-hybridized carbons (Fsp3) is 0.583. The van der Waals surface area contributed by atoms with Crippen LogP contribution in [0.15, 0.2) is 21.5 Å². The van der Waals surface area contributed by atoms with Crippen molar-refractivity contribution >= 4 is 15.9 Å². The van der Waals surface area contributed by atoms with Gasteiger partial charge in [0.15, 0.2) is 0 Å². The quantitative estimate of drug-likeness (QED) is 0.831. The van der Waals surface area contributed by atoms with E-state index in [9.17, 15) is 4.79 Å². The Bertz CT molecular complexity index is 422.